The topological polar surface area (TPSA) is 45.1 Å². The second-order valence-electron chi connectivity index (χ2n) is 8.42. The molecule has 2 aliphatic heterocycles. The zero-order chi connectivity index (χ0) is 24.4. The van der Waals surface area contributed by atoms with Gasteiger partial charge in [0.1, 0.15) is 10.7 Å². The zero-order valence-corrected chi connectivity index (χ0v) is 21.6. The molecule has 1 amide bonds. The average Bonchev–Trinajstić information content (AvgIpc) is 3.39. The van der Waals surface area contributed by atoms with Gasteiger partial charge in [0, 0.05) is 24.6 Å². The molecular formula is C28H27N3O2S2. The first-order valence-electron chi connectivity index (χ1n) is 11.6. The Bertz CT molecular complexity index is 1290. The molecule has 3 aromatic rings. The monoisotopic (exact) mass is 501 g/mol. The summed E-state index contributed by atoms with van der Waals surface area (Å²) >= 11 is 3.10. The minimum Gasteiger partial charge on any atom is -0.497 e. The molecule has 0 spiro atoms. The van der Waals surface area contributed by atoms with Crippen LogP contribution in [0.15, 0.2) is 98.7 Å². The molecular weight excluding hydrogens is 474 g/mol. The summed E-state index contributed by atoms with van der Waals surface area (Å²) in [5.74, 6) is 0.815. The molecule has 2 heterocycles. The predicted octanol–water partition coefficient (Wildman–Crippen LogP) is 6.34. The molecule has 2 aliphatic rings. The highest BCUT2D eigenvalue weighted by atomic mass is 32.2. The number of nitrogens with zero attached hydrogens (tertiary/aromatic N) is 3. The Labute approximate surface area is 214 Å². The number of carbonyl (C=O) groups is 1. The van der Waals surface area contributed by atoms with Crippen molar-refractivity contribution in [2.24, 2.45) is 4.99 Å². The van der Waals surface area contributed by atoms with Crippen LogP contribution in [0.1, 0.15) is 24.1 Å². The maximum absolute atomic E-state index is 13.8. The summed E-state index contributed by atoms with van der Waals surface area (Å²) in [5, 5.41) is 1.69. The lowest BCUT2D eigenvalue weighted by atomic mass is 10.1. The molecule has 7 heteroatoms. The molecule has 35 heavy (non-hydrogen) atoms. The number of thioether (sulfide) groups is 2. The lowest BCUT2D eigenvalue weighted by Crippen LogP contribution is -2.32. The van der Waals surface area contributed by atoms with Gasteiger partial charge in [0.25, 0.3) is 5.91 Å². The van der Waals surface area contributed by atoms with Crippen molar-refractivity contribution >= 4 is 40.3 Å². The standard InChI is InChI=1S/C28H27N3O2S2/c1-19(21-12-8-5-9-13-21)29-28-31(17-16-20-10-6-4-7-11-20)26(32)25(35-28)27-30(2)23-18-22(33-3)14-15-24(23)34-27/h4-15,18-19H,16-17H2,1-3H3/b27-25-,29-28?/t19-/m1/s1. The van der Waals surface area contributed by atoms with Gasteiger partial charge in [0.2, 0.25) is 0 Å². The fourth-order valence-electron chi connectivity index (χ4n) is 4.14. The van der Waals surface area contributed by atoms with Crippen LogP contribution in [0.2, 0.25) is 0 Å². The molecule has 3 aromatic carbocycles. The lowest BCUT2D eigenvalue weighted by Gasteiger charge is -2.18. The number of carbonyl (C=O) groups excluding carboxylic acids is 1. The molecule has 0 unspecified atom stereocenters. The molecule has 178 valence electrons. The molecule has 0 radical (unpaired) electrons. The number of fused-ring (bicyclic) bond motifs is 1. The van der Waals surface area contributed by atoms with E-state index in [2.05, 4.69) is 36.1 Å². The first-order valence-corrected chi connectivity index (χ1v) is 13.2. The smallest absolute Gasteiger partial charge is 0.269 e. The molecule has 0 N–H and O–H groups in total. The Morgan fingerprint density at radius 3 is 2.40 bits per heavy atom. The summed E-state index contributed by atoms with van der Waals surface area (Å²) in [7, 11) is 3.67. The number of ether oxygens (including phenoxy) is 1. The van der Waals surface area contributed by atoms with Crippen molar-refractivity contribution in [2.45, 2.75) is 24.3 Å². The fraction of sp³-hybridized carbons (Fsp3) is 0.214. The SMILES string of the molecule is COc1ccc2c(c1)N(C)/C(=C1/SC(=N[C@H](C)c3ccccc3)N(CCc3ccccc3)C1=O)S2. The number of rotatable bonds is 6. The van der Waals surface area contributed by atoms with Crippen molar-refractivity contribution < 1.29 is 9.53 Å². The van der Waals surface area contributed by atoms with Gasteiger partial charge in [0.15, 0.2) is 5.17 Å². The van der Waals surface area contributed by atoms with E-state index in [1.807, 2.05) is 66.5 Å². The van der Waals surface area contributed by atoms with E-state index in [9.17, 15) is 4.79 Å². The summed E-state index contributed by atoms with van der Waals surface area (Å²) in [6.45, 7) is 2.66. The van der Waals surface area contributed by atoms with E-state index in [4.69, 9.17) is 9.73 Å². The van der Waals surface area contributed by atoms with Gasteiger partial charge in [-0.2, -0.15) is 0 Å². The third kappa shape index (κ3) is 4.83. The van der Waals surface area contributed by atoms with Crippen LogP contribution in [-0.4, -0.2) is 36.7 Å². The van der Waals surface area contributed by atoms with E-state index in [1.165, 1.54) is 17.3 Å². The van der Waals surface area contributed by atoms with E-state index in [-0.39, 0.29) is 11.9 Å². The lowest BCUT2D eigenvalue weighted by molar-refractivity contribution is -0.122. The predicted molar refractivity (Wildman–Crippen MR) is 146 cm³/mol. The second-order valence-corrected chi connectivity index (χ2v) is 10.4. The Morgan fingerprint density at radius 2 is 1.69 bits per heavy atom. The maximum atomic E-state index is 13.8. The second kappa shape index (κ2) is 10.2. The first kappa shape index (κ1) is 23.6. The van der Waals surface area contributed by atoms with Crippen LogP contribution < -0.4 is 9.64 Å². The Balaban J connectivity index is 1.48. The van der Waals surface area contributed by atoms with Gasteiger partial charge < -0.3 is 9.64 Å². The number of aliphatic imine (C=N–C) groups is 1. The third-order valence-electron chi connectivity index (χ3n) is 6.15. The van der Waals surface area contributed by atoms with Crippen LogP contribution in [-0.2, 0) is 11.2 Å². The van der Waals surface area contributed by atoms with E-state index >= 15 is 0 Å². The Hall–Kier alpha value is -3.16. The van der Waals surface area contributed by atoms with Crippen molar-refractivity contribution in [3.63, 3.8) is 0 Å². The number of anilines is 1. The van der Waals surface area contributed by atoms with Gasteiger partial charge in [-0.3, -0.25) is 14.7 Å². The van der Waals surface area contributed by atoms with Gasteiger partial charge in [-0.25, -0.2) is 0 Å². The summed E-state index contributed by atoms with van der Waals surface area (Å²) in [6.07, 6.45) is 0.773. The van der Waals surface area contributed by atoms with Crippen LogP contribution in [0, 0.1) is 0 Å². The fourth-order valence-corrected chi connectivity index (χ4v) is 6.55. The summed E-state index contributed by atoms with van der Waals surface area (Å²) in [6, 6.07) is 26.4. The minimum absolute atomic E-state index is 0.0130. The Kier molecular flexibility index (Phi) is 6.88. The largest absolute Gasteiger partial charge is 0.497 e. The van der Waals surface area contributed by atoms with Gasteiger partial charge in [0.05, 0.1) is 23.9 Å². The molecule has 0 saturated carbocycles. The van der Waals surface area contributed by atoms with E-state index in [1.54, 1.807) is 18.9 Å². The van der Waals surface area contributed by atoms with E-state index in [0.717, 1.165) is 43.4 Å². The number of methoxy groups -OCH3 is 1. The summed E-state index contributed by atoms with van der Waals surface area (Å²) in [4.78, 5) is 24.5. The number of hydrogen-bond donors (Lipinski definition) is 0. The highest BCUT2D eigenvalue weighted by Crippen LogP contribution is 2.51. The van der Waals surface area contributed by atoms with Crippen molar-refractivity contribution in [2.75, 3.05) is 25.6 Å². The van der Waals surface area contributed by atoms with E-state index < -0.39 is 0 Å². The average molecular weight is 502 g/mol. The molecule has 0 aliphatic carbocycles. The third-order valence-corrected chi connectivity index (χ3v) is 8.60. The van der Waals surface area contributed by atoms with Crippen molar-refractivity contribution in [1.82, 2.24) is 4.90 Å². The first-order chi connectivity index (χ1) is 17.0. The van der Waals surface area contributed by atoms with Crippen LogP contribution in [0.4, 0.5) is 5.69 Å². The molecule has 5 rings (SSSR count). The highest BCUT2D eigenvalue weighted by molar-refractivity contribution is 8.19. The quantitative estimate of drug-likeness (QED) is 0.369. The number of benzene rings is 3. The number of amides is 1. The van der Waals surface area contributed by atoms with E-state index in [0.29, 0.717) is 6.54 Å². The van der Waals surface area contributed by atoms with Gasteiger partial charge in [-0.15, -0.1) is 0 Å². The van der Waals surface area contributed by atoms with Crippen molar-refractivity contribution in [3.8, 4) is 5.75 Å². The van der Waals surface area contributed by atoms with Crippen molar-refractivity contribution in [1.29, 1.82) is 0 Å². The Morgan fingerprint density at radius 1 is 0.971 bits per heavy atom. The van der Waals surface area contributed by atoms with Gasteiger partial charge in [-0.05, 0) is 48.4 Å². The van der Waals surface area contributed by atoms with Gasteiger partial charge in [-0.1, -0.05) is 72.4 Å². The summed E-state index contributed by atoms with van der Waals surface area (Å²) < 4.78 is 5.41. The van der Waals surface area contributed by atoms with Crippen LogP contribution in [0.3, 0.4) is 0 Å². The normalized spacial score (nSPS) is 19.4. The highest BCUT2D eigenvalue weighted by Gasteiger charge is 2.39. The van der Waals surface area contributed by atoms with Crippen molar-refractivity contribution in [3.05, 3.63) is 99.9 Å². The maximum Gasteiger partial charge on any atom is 0.269 e. The molecule has 1 saturated heterocycles. The molecule has 5 nitrogen and oxygen atoms in total. The zero-order valence-electron chi connectivity index (χ0n) is 20.0. The number of amidine groups is 1. The molecule has 0 bridgehead atoms. The van der Waals surface area contributed by atoms with Crippen LogP contribution in [0.25, 0.3) is 0 Å². The number of hydrogen-bond acceptors (Lipinski definition) is 6. The van der Waals surface area contributed by atoms with Gasteiger partial charge >= 0.3 is 0 Å². The molecule has 1 atom stereocenters. The van der Waals surface area contributed by atoms with Crippen LogP contribution >= 0.6 is 23.5 Å². The summed E-state index contributed by atoms with van der Waals surface area (Å²) in [5.41, 5.74) is 3.38. The molecule has 1 fully saturated rings. The molecule has 0 aromatic heterocycles. The minimum atomic E-state index is -0.0505. The van der Waals surface area contributed by atoms with Crippen LogP contribution in [0.5, 0.6) is 5.75 Å².